The average molecular weight is 489 g/mol. The summed E-state index contributed by atoms with van der Waals surface area (Å²) in [6.07, 6.45) is 1.58. The van der Waals surface area contributed by atoms with Crippen molar-refractivity contribution in [2.45, 2.75) is 24.9 Å². The predicted molar refractivity (Wildman–Crippen MR) is 134 cm³/mol. The Labute approximate surface area is 202 Å². The summed E-state index contributed by atoms with van der Waals surface area (Å²) < 4.78 is 23.8. The first-order valence-electron chi connectivity index (χ1n) is 10.8. The van der Waals surface area contributed by atoms with Crippen molar-refractivity contribution in [1.29, 1.82) is 0 Å². The summed E-state index contributed by atoms with van der Waals surface area (Å²) in [5.41, 5.74) is 3.01. The highest BCUT2D eigenvalue weighted by atomic mass is 32.2. The lowest BCUT2D eigenvalue weighted by Gasteiger charge is -2.27. The average Bonchev–Trinajstić information content (AvgIpc) is 3.56. The van der Waals surface area contributed by atoms with E-state index in [0.29, 0.717) is 33.7 Å². The van der Waals surface area contributed by atoms with E-state index in [1.165, 1.54) is 11.3 Å². The van der Waals surface area contributed by atoms with Crippen LogP contribution in [0.1, 0.15) is 17.0 Å². The van der Waals surface area contributed by atoms with E-state index in [2.05, 4.69) is 0 Å². The number of aromatic nitrogens is 2. The van der Waals surface area contributed by atoms with Gasteiger partial charge in [0, 0.05) is 11.8 Å². The van der Waals surface area contributed by atoms with Crippen molar-refractivity contribution in [3.05, 3.63) is 106 Å². The minimum Gasteiger partial charge on any atom is -0.467 e. The molecule has 34 heavy (non-hydrogen) atoms. The zero-order valence-corrected chi connectivity index (χ0v) is 19.9. The maximum absolute atomic E-state index is 14.0. The summed E-state index contributed by atoms with van der Waals surface area (Å²) in [5.74, 6) is 0.665. The van der Waals surface area contributed by atoms with Crippen molar-refractivity contribution in [2.75, 3.05) is 9.42 Å². The van der Waals surface area contributed by atoms with Gasteiger partial charge < -0.3 is 8.98 Å². The fourth-order valence-electron chi connectivity index (χ4n) is 4.19. The summed E-state index contributed by atoms with van der Waals surface area (Å²) in [4.78, 5) is 18.6. The SMILES string of the molecule is Cc1c2c(cc(=O)n1Cc1ccco1)N(Cc1ccccc1)N(c1nc3ccccc3s1)S2=O. The van der Waals surface area contributed by atoms with Crippen molar-refractivity contribution in [3.8, 4) is 0 Å². The third-order valence-corrected chi connectivity index (χ3v) is 8.50. The minimum absolute atomic E-state index is 0.172. The van der Waals surface area contributed by atoms with Crippen molar-refractivity contribution in [1.82, 2.24) is 9.55 Å². The Bertz CT molecular complexity index is 1540. The molecule has 7 nitrogen and oxygen atoms in total. The van der Waals surface area contributed by atoms with Crippen LogP contribution >= 0.6 is 11.3 Å². The van der Waals surface area contributed by atoms with Crippen LogP contribution in [0.4, 0.5) is 10.8 Å². The smallest absolute Gasteiger partial charge is 0.253 e. The van der Waals surface area contributed by atoms with Crippen LogP contribution in [0.2, 0.25) is 0 Å². The lowest BCUT2D eigenvalue weighted by Crippen LogP contribution is -2.38. The molecule has 1 atom stereocenters. The Morgan fingerprint density at radius 3 is 2.56 bits per heavy atom. The molecule has 0 fully saturated rings. The van der Waals surface area contributed by atoms with Gasteiger partial charge in [0.2, 0.25) is 5.13 Å². The number of benzene rings is 2. The fraction of sp³-hybridized carbons (Fsp3) is 0.120. The van der Waals surface area contributed by atoms with E-state index in [4.69, 9.17) is 9.40 Å². The van der Waals surface area contributed by atoms with Gasteiger partial charge in [-0.05, 0) is 36.8 Å². The highest BCUT2D eigenvalue weighted by Crippen LogP contribution is 2.42. The maximum Gasteiger partial charge on any atom is 0.253 e. The van der Waals surface area contributed by atoms with E-state index in [0.717, 1.165) is 15.8 Å². The molecule has 0 aliphatic carbocycles. The van der Waals surface area contributed by atoms with E-state index in [9.17, 15) is 9.00 Å². The summed E-state index contributed by atoms with van der Waals surface area (Å²) in [7, 11) is -1.58. The van der Waals surface area contributed by atoms with Crippen molar-refractivity contribution >= 4 is 43.4 Å². The molecule has 1 aliphatic heterocycles. The van der Waals surface area contributed by atoms with E-state index >= 15 is 0 Å². The summed E-state index contributed by atoms with van der Waals surface area (Å²) in [6, 6.07) is 23.0. The Hall–Kier alpha value is -3.69. The molecule has 0 N–H and O–H groups in total. The second-order valence-electron chi connectivity index (χ2n) is 7.98. The molecule has 4 heterocycles. The number of nitrogens with zero attached hydrogens (tertiary/aromatic N) is 4. The Morgan fingerprint density at radius 1 is 1.00 bits per heavy atom. The van der Waals surface area contributed by atoms with Crippen molar-refractivity contribution < 1.29 is 8.63 Å². The zero-order valence-electron chi connectivity index (χ0n) is 18.2. The van der Waals surface area contributed by atoms with Crippen LogP contribution in [0.3, 0.4) is 0 Å². The van der Waals surface area contributed by atoms with Gasteiger partial charge in [0.1, 0.15) is 10.7 Å². The fourth-order valence-corrected chi connectivity index (χ4v) is 6.78. The zero-order chi connectivity index (χ0) is 23.2. The minimum atomic E-state index is -1.58. The quantitative estimate of drug-likeness (QED) is 0.353. The lowest BCUT2D eigenvalue weighted by atomic mass is 10.2. The topological polar surface area (TPSA) is 71.6 Å². The molecule has 0 spiro atoms. The van der Waals surface area contributed by atoms with Gasteiger partial charge in [0.25, 0.3) is 5.56 Å². The van der Waals surface area contributed by atoms with E-state index in [-0.39, 0.29) is 12.1 Å². The maximum atomic E-state index is 14.0. The number of pyridine rings is 1. The second kappa shape index (κ2) is 8.27. The Balaban J connectivity index is 1.51. The molecular weight excluding hydrogens is 468 g/mol. The van der Waals surface area contributed by atoms with Gasteiger partial charge in [-0.2, -0.15) is 4.41 Å². The standard InChI is InChI=1S/C25H20N4O3S2/c1-17-24-21(14-23(30)27(17)16-19-10-7-13-32-19)28(15-18-8-3-2-4-9-18)29(34(24)31)25-26-20-11-5-6-12-22(20)33-25/h2-14H,15-16H2,1H3. The molecule has 2 aromatic carbocycles. The molecule has 1 aliphatic rings. The van der Waals surface area contributed by atoms with Crippen LogP contribution in [0, 0.1) is 6.92 Å². The largest absolute Gasteiger partial charge is 0.467 e. The van der Waals surface area contributed by atoms with Crippen LogP contribution in [0.15, 0.2) is 93.2 Å². The van der Waals surface area contributed by atoms with Gasteiger partial charge in [-0.3, -0.25) is 9.80 Å². The number of anilines is 2. The first-order valence-corrected chi connectivity index (χ1v) is 12.7. The Morgan fingerprint density at radius 2 is 1.79 bits per heavy atom. The van der Waals surface area contributed by atoms with Gasteiger partial charge in [0.05, 0.1) is 35.3 Å². The van der Waals surface area contributed by atoms with Crippen LogP contribution < -0.4 is 15.0 Å². The number of hydrazine groups is 1. The second-order valence-corrected chi connectivity index (χ2v) is 10.2. The summed E-state index contributed by atoms with van der Waals surface area (Å²) >= 11 is 1.48. The number of hydrogen-bond acceptors (Lipinski definition) is 6. The predicted octanol–water partition coefficient (Wildman–Crippen LogP) is 4.87. The highest BCUT2D eigenvalue weighted by molar-refractivity contribution is 7.87. The van der Waals surface area contributed by atoms with Gasteiger partial charge >= 0.3 is 0 Å². The first kappa shape index (κ1) is 20.9. The molecular formula is C25H20N4O3S2. The molecule has 170 valence electrons. The Kier molecular flexibility index (Phi) is 5.08. The number of para-hydroxylation sites is 1. The van der Waals surface area contributed by atoms with Gasteiger partial charge in [-0.15, -0.1) is 0 Å². The van der Waals surface area contributed by atoms with Crippen LogP contribution in [0.5, 0.6) is 0 Å². The molecule has 9 heteroatoms. The number of furan rings is 1. The number of hydrogen-bond donors (Lipinski definition) is 0. The lowest BCUT2D eigenvalue weighted by molar-refractivity contribution is 0.485. The van der Waals surface area contributed by atoms with Crippen molar-refractivity contribution in [3.63, 3.8) is 0 Å². The molecule has 0 amide bonds. The number of fused-ring (bicyclic) bond motifs is 2. The molecule has 0 radical (unpaired) electrons. The third kappa shape index (κ3) is 3.44. The van der Waals surface area contributed by atoms with Gasteiger partial charge in [-0.1, -0.05) is 53.8 Å². The summed E-state index contributed by atoms with van der Waals surface area (Å²) in [5, 5.41) is 2.53. The van der Waals surface area contributed by atoms with Crippen LogP contribution in [0.25, 0.3) is 10.2 Å². The molecule has 0 bridgehead atoms. The molecule has 0 saturated carbocycles. The molecule has 5 aromatic rings. The van der Waals surface area contributed by atoms with E-state index < -0.39 is 11.0 Å². The first-order chi connectivity index (χ1) is 16.6. The molecule has 6 rings (SSSR count). The normalized spacial score (nSPS) is 15.3. The summed E-state index contributed by atoms with van der Waals surface area (Å²) in [6.45, 7) is 2.57. The van der Waals surface area contributed by atoms with Crippen LogP contribution in [-0.4, -0.2) is 13.8 Å². The van der Waals surface area contributed by atoms with Crippen molar-refractivity contribution in [2.24, 2.45) is 0 Å². The third-order valence-electron chi connectivity index (χ3n) is 5.84. The number of thiazole rings is 1. The van der Waals surface area contributed by atoms with E-state index in [1.807, 2.05) is 72.6 Å². The molecule has 0 saturated heterocycles. The van der Waals surface area contributed by atoms with E-state index in [1.54, 1.807) is 27.4 Å². The van der Waals surface area contributed by atoms with Gasteiger partial charge in [-0.25, -0.2) is 9.19 Å². The highest BCUT2D eigenvalue weighted by Gasteiger charge is 2.39. The number of rotatable bonds is 5. The molecule has 1 unspecified atom stereocenters. The molecule has 3 aromatic heterocycles. The van der Waals surface area contributed by atoms with Crippen LogP contribution in [-0.2, 0) is 24.1 Å². The monoisotopic (exact) mass is 488 g/mol. The van der Waals surface area contributed by atoms with Gasteiger partial charge in [0.15, 0.2) is 11.0 Å².